The van der Waals surface area contributed by atoms with Crippen LogP contribution in [0.3, 0.4) is 0 Å². The van der Waals surface area contributed by atoms with Crippen molar-refractivity contribution in [3.8, 4) is 11.5 Å². The molecule has 0 bridgehead atoms. The Bertz CT molecular complexity index is 1040. The lowest BCUT2D eigenvalue weighted by molar-refractivity contribution is -0.149. The van der Waals surface area contributed by atoms with Crippen molar-refractivity contribution in [1.29, 1.82) is 0 Å². The maximum Gasteiger partial charge on any atom is 0.308 e. The minimum Gasteiger partial charge on any atom is -0.494 e. The fourth-order valence-corrected chi connectivity index (χ4v) is 4.04. The van der Waals surface area contributed by atoms with Crippen LogP contribution in [-0.4, -0.2) is 50.2 Å². The molecule has 0 spiro atoms. The van der Waals surface area contributed by atoms with E-state index in [4.69, 9.17) is 14.2 Å². The molecule has 2 N–H and O–H groups in total. The van der Waals surface area contributed by atoms with Gasteiger partial charge in [-0.25, -0.2) is 4.39 Å². The second-order valence-corrected chi connectivity index (χ2v) is 8.45. The van der Waals surface area contributed by atoms with E-state index < -0.39 is 11.7 Å². The van der Waals surface area contributed by atoms with Crippen LogP contribution in [-0.2, 0) is 9.53 Å². The molecule has 0 heterocycles. The second kappa shape index (κ2) is 13.5. The number of amides is 2. The summed E-state index contributed by atoms with van der Waals surface area (Å²) in [6.07, 6.45) is 2.57. The summed E-state index contributed by atoms with van der Waals surface area (Å²) in [5, 5.41) is 5.31. The van der Waals surface area contributed by atoms with Crippen molar-refractivity contribution in [3.63, 3.8) is 0 Å². The molecule has 0 saturated heterocycles. The Morgan fingerprint density at radius 3 is 2.11 bits per heavy atom. The lowest BCUT2D eigenvalue weighted by Crippen LogP contribution is -2.35. The first-order valence-corrected chi connectivity index (χ1v) is 12.3. The van der Waals surface area contributed by atoms with Gasteiger partial charge in [0.05, 0.1) is 30.8 Å². The molecule has 194 valence electrons. The van der Waals surface area contributed by atoms with Gasteiger partial charge in [-0.1, -0.05) is 0 Å². The van der Waals surface area contributed by atoms with Crippen LogP contribution in [0, 0.1) is 11.7 Å². The number of hydrogen-bond acceptors (Lipinski definition) is 6. The highest BCUT2D eigenvalue weighted by molar-refractivity contribution is 5.95. The third-order valence-corrected chi connectivity index (χ3v) is 5.91. The predicted octanol–water partition coefficient (Wildman–Crippen LogP) is 3.88. The molecule has 0 unspecified atom stereocenters. The number of carbonyl (C=O) groups is 3. The predicted molar refractivity (Wildman–Crippen MR) is 132 cm³/mol. The number of ether oxygens (including phenoxy) is 3. The highest BCUT2D eigenvalue weighted by Crippen LogP contribution is 2.29. The van der Waals surface area contributed by atoms with Crippen LogP contribution in [0.4, 0.5) is 4.39 Å². The first-order chi connectivity index (χ1) is 17.4. The van der Waals surface area contributed by atoms with Gasteiger partial charge in [-0.3, -0.25) is 14.4 Å². The van der Waals surface area contributed by atoms with Crippen LogP contribution in [0.1, 0.15) is 60.2 Å². The van der Waals surface area contributed by atoms with Gasteiger partial charge in [-0.15, -0.1) is 0 Å². The zero-order chi connectivity index (χ0) is 25.9. The molecule has 2 aromatic carbocycles. The topological polar surface area (TPSA) is 103 Å². The van der Waals surface area contributed by atoms with Gasteiger partial charge in [0.2, 0.25) is 0 Å². The Morgan fingerprint density at radius 2 is 1.50 bits per heavy atom. The van der Waals surface area contributed by atoms with Crippen molar-refractivity contribution in [2.75, 3.05) is 26.3 Å². The minimum absolute atomic E-state index is 0.105. The molecular formula is C27H33FN2O6. The number of nitrogens with one attached hydrogen (secondary N) is 2. The van der Waals surface area contributed by atoms with Crippen molar-refractivity contribution in [2.24, 2.45) is 5.92 Å². The third-order valence-electron chi connectivity index (χ3n) is 5.91. The van der Waals surface area contributed by atoms with Crippen LogP contribution < -0.4 is 20.1 Å². The summed E-state index contributed by atoms with van der Waals surface area (Å²) in [7, 11) is 0. The molecule has 0 aliphatic heterocycles. The van der Waals surface area contributed by atoms with Crippen LogP contribution >= 0.6 is 0 Å². The Kier molecular flexibility index (Phi) is 10.1. The third kappa shape index (κ3) is 7.69. The van der Waals surface area contributed by atoms with E-state index in [1.54, 1.807) is 37.3 Å². The summed E-state index contributed by atoms with van der Waals surface area (Å²) in [5.41, 5.74) is 0.368. The molecule has 36 heavy (non-hydrogen) atoms. The average Bonchev–Trinajstić information content (AvgIpc) is 2.87. The molecule has 3 rings (SSSR count). The fourth-order valence-electron chi connectivity index (χ4n) is 4.04. The average molecular weight is 501 g/mol. The Hall–Kier alpha value is -3.62. The first-order valence-electron chi connectivity index (χ1n) is 12.3. The molecule has 1 aliphatic carbocycles. The maximum absolute atomic E-state index is 14.6. The highest BCUT2D eigenvalue weighted by atomic mass is 19.1. The summed E-state index contributed by atoms with van der Waals surface area (Å²) in [4.78, 5) is 36.4. The van der Waals surface area contributed by atoms with E-state index in [1.165, 1.54) is 12.1 Å². The molecule has 8 nitrogen and oxygen atoms in total. The van der Waals surface area contributed by atoms with E-state index >= 15 is 0 Å². The summed E-state index contributed by atoms with van der Waals surface area (Å²) in [6.45, 7) is 4.91. The van der Waals surface area contributed by atoms with Crippen molar-refractivity contribution < 1.29 is 33.0 Å². The van der Waals surface area contributed by atoms with E-state index in [1.807, 2.05) is 6.92 Å². The van der Waals surface area contributed by atoms with E-state index in [9.17, 15) is 18.8 Å². The van der Waals surface area contributed by atoms with Gasteiger partial charge in [0.1, 0.15) is 17.3 Å². The molecular weight excluding hydrogens is 467 g/mol. The van der Waals surface area contributed by atoms with Crippen LogP contribution in [0.2, 0.25) is 0 Å². The summed E-state index contributed by atoms with van der Waals surface area (Å²) >= 11 is 0. The van der Waals surface area contributed by atoms with E-state index in [0.29, 0.717) is 56.0 Å². The molecule has 1 saturated carbocycles. The van der Waals surface area contributed by atoms with Gasteiger partial charge in [-0.05, 0) is 75.9 Å². The number of carbonyl (C=O) groups excluding carboxylic acids is 3. The fraction of sp³-hybridized carbons (Fsp3) is 0.444. The quantitative estimate of drug-likeness (QED) is 0.359. The van der Waals surface area contributed by atoms with E-state index in [2.05, 4.69) is 10.6 Å². The van der Waals surface area contributed by atoms with Crippen LogP contribution in [0.5, 0.6) is 11.5 Å². The normalized spacial score (nSPS) is 17.1. The van der Waals surface area contributed by atoms with Crippen LogP contribution in [0.25, 0.3) is 0 Å². The second-order valence-electron chi connectivity index (χ2n) is 8.45. The van der Waals surface area contributed by atoms with Crippen molar-refractivity contribution in [1.82, 2.24) is 10.6 Å². The number of halogens is 1. The Morgan fingerprint density at radius 1 is 0.861 bits per heavy atom. The summed E-state index contributed by atoms with van der Waals surface area (Å²) < 4.78 is 30.9. The molecule has 2 amide bonds. The van der Waals surface area contributed by atoms with Gasteiger partial charge in [-0.2, -0.15) is 0 Å². The molecule has 0 aromatic heterocycles. The molecule has 0 radical (unpaired) electrons. The molecule has 1 aliphatic rings. The van der Waals surface area contributed by atoms with Crippen molar-refractivity contribution >= 4 is 17.8 Å². The van der Waals surface area contributed by atoms with Gasteiger partial charge < -0.3 is 24.8 Å². The van der Waals surface area contributed by atoms with E-state index in [-0.39, 0.29) is 42.6 Å². The largest absolute Gasteiger partial charge is 0.494 e. The van der Waals surface area contributed by atoms with Crippen molar-refractivity contribution in [2.45, 2.75) is 45.6 Å². The lowest BCUT2D eigenvalue weighted by atomic mass is 9.87. The van der Waals surface area contributed by atoms with Gasteiger partial charge in [0, 0.05) is 24.7 Å². The summed E-state index contributed by atoms with van der Waals surface area (Å²) in [6, 6.07) is 10.9. The number of benzene rings is 2. The standard InChI is InChI=1S/C27H33FN2O6/c1-3-34-20-9-5-18(6-10-20)25(31)29-15-16-30-26(32)23-14-13-22(17-24(23)28)36-21-11-7-19(8-12-21)27(33)35-4-2/h5-6,9-10,13-14,17,19,21H,3-4,7-8,11-12,15-16H2,1-2H3,(H,29,31)(H,30,32). The zero-order valence-electron chi connectivity index (χ0n) is 20.7. The SMILES string of the molecule is CCOC(=O)C1CCC(Oc2ccc(C(=O)NCCNC(=O)c3ccc(OCC)cc3)c(F)c2)CC1. The number of esters is 1. The van der Waals surface area contributed by atoms with Gasteiger partial charge >= 0.3 is 5.97 Å². The Labute approximate surface area is 210 Å². The molecule has 9 heteroatoms. The zero-order valence-corrected chi connectivity index (χ0v) is 20.7. The smallest absolute Gasteiger partial charge is 0.308 e. The molecule has 0 atom stereocenters. The molecule has 1 fully saturated rings. The Balaban J connectivity index is 1.41. The monoisotopic (exact) mass is 500 g/mol. The first kappa shape index (κ1) is 27.0. The van der Waals surface area contributed by atoms with E-state index in [0.717, 1.165) is 0 Å². The minimum atomic E-state index is -0.691. The maximum atomic E-state index is 14.6. The molecule has 2 aromatic rings. The number of rotatable bonds is 11. The van der Waals surface area contributed by atoms with Gasteiger partial charge in [0.15, 0.2) is 0 Å². The van der Waals surface area contributed by atoms with Crippen LogP contribution in [0.15, 0.2) is 42.5 Å². The summed E-state index contributed by atoms with van der Waals surface area (Å²) in [5.74, 6) is -0.817. The number of hydrogen-bond donors (Lipinski definition) is 2. The van der Waals surface area contributed by atoms with Crippen molar-refractivity contribution in [3.05, 3.63) is 59.4 Å². The van der Waals surface area contributed by atoms with Gasteiger partial charge in [0.25, 0.3) is 11.8 Å². The lowest BCUT2D eigenvalue weighted by Gasteiger charge is -2.27. The highest BCUT2D eigenvalue weighted by Gasteiger charge is 2.28.